The zero-order valence-electron chi connectivity index (χ0n) is 22.5. The van der Waals surface area contributed by atoms with Crippen molar-refractivity contribution in [1.82, 2.24) is 20.1 Å². The average Bonchev–Trinajstić information content (AvgIpc) is 3.43. The summed E-state index contributed by atoms with van der Waals surface area (Å²) in [7, 11) is 0. The number of H-pyrrole nitrogens is 1. The highest BCUT2D eigenvalue weighted by Crippen LogP contribution is 2.34. The van der Waals surface area contributed by atoms with E-state index in [-0.39, 0.29) is 36.0 Å². The Bertz CT molecular complexity index is 1580. The van der Waals surface area contributed by atoms with Crippen LogP contribution >= 0.6 is 0 Å². The molecule has 0 bridgehead atoms. The van der Waals surface area contributed by atoms with Gasteiger partial charge in [0.1, 0.15) is 11.7 Å². The van der Waals surface area contributed by atoms with E-state index in [1.807, 2.05) is 42.2 Å². The summed E-state index contributed by atoms with van der Waals surface area (Å²) >= 11 is 0. The summed E-state index contributed by atoms with van der Waals surface area (Å²) in [6, 6.07) is 10.9. The van der Waals surface area contributed by atoms with E-state index in [1.165, 1.54) is 6.92 Å². The van der Waals surface area contributed by atoms with Crippen LogP contribution in [0.3, 0.4) is 0 Å². The fourth-order valence-corrected chi connectivity index (χ4v) is 6.25. The summed E-state index contributed by atoms with van der Waals surface area (Å²) < 4.78 is 0. The summed E-state index contributed by atoms with van der Waals surface area (Å²) in [6.07, 6.45) is 2.19. The van der Waals surface area contributed by atoms with Crippen molar-refractivity contribution in [3.63, 3.8) is 0 Å². The standard InChI is InChI=1S/C30H31N5O5/c1-16-22-6-4-21(31-17(2)36)14-24(22)32-27(16)30(40)34-11-9-18(10-12-34)19-3-5-23-20(13-19)15-35(29(23)39)25-7-8-26(37)33-28(25)38/h3-6,13-14,18,25,32H,7-12,15H2,1-2H3,(H,31,36)(H,33,37,38). The smallest absolute Gasteiger partial charge is 0.270 e. The zero-order chi connectivity index (χ0) is 28.1. The number of rotatable bonds is 4. The Balaban J connectivity index is 1.12. The minimum absolute atomic E-state index is 0.0346. The third kappa shape index (κ3) is 4.53. The molecular formula is C30H31N5O5. The normalized spacial score (nSPS) is 19.6. The van der Waals surface area contributed by atoms with Gasteiger partial charge in [-0.3, -0.25) is 29.3 Å². The van der Waals surface area contributed by atoms with Gasteiger partial charge in [0.05, 0.1) is 0 Å². The SMILES string of the molecule is CC(=O)Nc1ccc2c(C)c(C(=O)N3CCC(c4ccc5c(c4)CN(C4CCC(=O)NC4=O)C5=O)CC3)[nH]c2c1. The molecule has 3 N–H and O–H groups in total. The summed E-state index contributed by atoms with van der Waals surface area (Å²) in [5.41, 5.74) is 5.59. The molecule has 1 unspecified atom stereocenters. The highest BCUT2D eigenvalue weighted by molar-refractivity contribution is 6.05. The summed E-state index contributed by atoms with van der Waals surface area (Å²) in [5.74, 6) is -0.801. The molecule has 3 aliphatic heterocycles. The predicted octanol–water partition coefficient (Wildman–Crippen LogP) is 3.22. The Hall–Kier alpha value is -4.47. The molecule has 3 aromatic rings. The van der Waals surface area contributed by atoms with Gasteiger partial charge >= 0.3 is 0 Å². The second-order valence-electron chi connectivity index (χ2n) is 10.9. The fourth-order valence-electron chi connectivity index (χ4n) is 6.25. The van der Waals surface area contributed by atoms with Gasteiger partial charge in [0.15, 0.2) is 0 Å². The Morgan fingerprint density at radius 3 is 2.50 bits per heavy atom. The van der Waals surface area contributed by atoms with Gasteiger partial charge in [0, 0.05) is 55.1 Å². The quantitative estimate of drug-likeness (QED) is 0.437. The van der Waals surface area contributed by atoms with Gasteiger partial charge < -0.3 is 20.1 Å². The van der Waals surface area contributed by atoms with Crippen LogP contribution in [-0.4, -0.2) is 63.5 Å². The third-order valence-electron chi connectivity index (χ3n) is 8.39. The van der Waals surface area contributed by atoms with Gasteiger partial charge in [-0.1, -0.05) is 18.2 Å². The van der Waals surface area contributed by atoms with E-state index in [1.54, 1.807) is 4.90 Å². The highest BCUT2D eigenvalue weighted by Gasteiger charge is 2.39. The number of carbonyl (C=O) groups is 5. The number of imide groups is 1. The number of anilines is 1. The van der Waals surface area contributed by atoms with E-state index >= 15 is 0 Å². The molecule has 5 amide bonds. The van der Waals surface area contributed by atoms with Gasteiger partial charge in [0.2, 0.25) is 17.7 Å². The van der Waals surface area contributed by atoms with Crippen LogP contribution in [0.15, 0.2) is 36.4 Å². The Labute approximate surface area is 231 Å². The van der Waals surface area contributed by atoms with Crippen molar-refractivity contribution >= 4 is 46.1 Å². The number of carbonyl (C=O) groups excluding carboxylic acids is 5. The Morgan fingerprint density at radius 1 is 1.00 bits per heavy atom. The van der Waals surface area contributed by atoms with Crippen LogP contribution in [0.25, 0.3) is 10.9 Å². The van der Waals surface area contributed by atoms with E-state index in [2.05, 4.69) is 21.7 Å². The van der Waals surface area contributed by atoms with E-state index in [0.29, 0.717) is 43.0 Å². The fraction of sp³-hybridized carbons (Fsp3) is 0.367. The number of piperidine rings is 2. The number of hydrogen-bond donors (Lipinski definition) is 3. The molecular weight excluding hydrogens is 510 g/mol. The summed E-state index contributed by atoms with van der Waals surface area (Å²) in [5, 5.41) is 6.06. The molecule has 1 atom stereocenters. The van der Waals surface area contributed by atoms with Gasteiger partial charge in [0.25, 0.3) is 11.8 Å². The van der Waals surface area contributed by atoms with Crippen LogP contribution in [0, 0.1) is 6.92 Å². The molecule has 2 aromatic carbocycles. The number of hydrogen-bond acceptors (Lipinski definition) is 5. The first-order valence-corrected chi connectivity index (χ1v) is 13.7. The largest absolute Gasteiger partial charge is 0.350 e. The van der Waals surface area contributed by atoms with E-state index < -0.39 is 11.9 Å². The van der Waals surface area contributed by atoms with Gasteiger partial charge in [-0.25, -0.2) is 0 Å². The highest BCUT2D eigenvalue weighted by atomic mass is 16.2. The molecule has 40 heavy (non-hydrogen) atoms. The number of aryl methyl sites for hydroxylation is 1. The number of nitrogens with zero attached hydrogens (tertiary/aromatic N) is 2. The summed E-state index contributed by atoms with van der Waals surface area (Å²) in [4.78, 5) is 68.5. The molecule has 6 rings (SSSR count). The maximum Gasteiger partial charge on any atom is 0.270 e. The summed E-state index contributed by atoms with van der Waals surface area (Å²) in [6.45, 7) is 4.98. The molecule has 0 aliphatic carbocycles. The molecule has 0 saturated carbocycles. The second-order valence-corrected chi connectivity index (χ2v) is 10.9. The van der Waals surface area contributed by atoms with Crippen molar-refractivity contribution in [2.45, 2.75) is 58.0 Å². The number of nitrogens with one attached hydrogen (secondary N) is 3. The number of aromatic nitrogens is 1. The van der Waals surface area contributed by atoms with E-state index in [4.69, 9.17) is 0 Å². The van der Waals surface area contributed by atoms with Crippen molar-refractivity contribution < 1.29 is 24.0 Å². The van der Waals surface area contributed by atoms with Crippen molar-refractivity contribution in [3.05, 3.63) is 64.3 Å². The first kappa shape index (κ1) is 25.8. The van der Waals surface area contributed by atoms with Crippen LogP contribution in [0.1, 0.15) is 76.1 Å². The van der Waals surface area contributed by atoms with Crippen LogP contribution in [0.4, 0.5) is 5.69 Å². The maximum absolute atomic E-state index is 13.4. The van der Waals surface area contributed by atoms with E-state index in [9.17, 15) is 24.0 Å². The lowest BCUT2D eigenvalue weighted by atomic mass is 9.87. The monoisotopic (exact) mass is 541 g/mol. The van der Waals surface area contributed by atoms with Crippen LogP contribution in [-0.2, 0) is 20.9 Å². The molecule has 3 aliphatic rings. The number of aromatic amines is 1. The molecule has 10 nitrogen and oxygen atoms in total. The van der Waals surface area contributed by atoms with E-state index in [0.717, 1.165) is 40.4 Å². The molecule has 1 aromatic heterocycles. The molecule has 2 fully saturated rings. The number of benzene rings is 2. The molecule has 0 radical (unpaired) electrons. The first-order chi connectivity index (χ1) is 19.2. The molecule has 2 saturated heterocycles. The van der Waals surface area contributed by atoms with Gasteiger partial charge in [-0.2, -0.15) is 0 Å². The van der Waals surface area contributed by atoms with Crippen LogP contribution in [0.2, 0.25) is 0 Å². The zero-order valence-corrected chi connectivity index (χ0v) is 22.5. The minimum Gasteiger partial charge on any atom is -0.350 e. The topological polar surface area (TPSA) is 132 Å². The average molecular weight is 542 g/mol. The molecule has 0 spiro atoms. The van der Waals surface area contributed by atoms with Crippen LogP contribution in [0.5, 0.6) is 0 Å². The van der Waals surface area contributed by atoms with Crippen LogP contribution < -0.4 is 10.6 Å². The number of amides is 5. The lowest BCUT2D eigenvalue weighted by molar-refractivity contribution is -0.137. The third-order valence-corrected chi connectivity index (χ3v) is 8.39. The minimum atomic E-state index is -0.625. The Kier molecular flexibility index (Phi) is 6.40. The first-order valence-electron chi connectivity index (χ1n) is 13.7. The lowest BCUT2D eigenvalue weighted by Crippen LogP contribution is -2.52. The number of fused-ring (bicyclic) bond motifs is 2. The van der Waals surface area contributed by atoms with Gasteiger partial charge in [-0.05, 0) is 67.0 Å². The predicted molar refractivity (Wildman–Crippen MR) is 148 cm³/mol. The maximum atomic E-state index is 13.4. The van der Waals surface area contributed by atoms with Gasteiger partial charge in [-0.15, -0.1) is 0 Å². The molecule has 206 valence electrons. The number of likely N-dealkylation sites (tertiary alicyclic amines) is 1. The second kappa shape index (κ2) is 9.93. The van der Waals surface area contributed by atoms with Crippen molar-refractivity contribution in [1.29, 1.82) is 0 Å². The molecule has 4 heterocycles. The van der Waals surface area contributed by atoms with Crippen molar-refractivity contribution in [2.24, 2.45) is 0 Å². The van der Waals surface area contributed by atoms with Crippen molar-refractivity contribution in [3.8, 4) is 0 Å². The van der Waals surface area contributed by atoms with Crippen molar-refractivity contribution in [2.75, 3.05) is 18.4 Å². The Morgan fingerprint density at radius 2 is 1.77 bits per heavy atom. The molecule has 10 heteroatoms. The lowest BCUT2D eigenvalue weighted by Gasteiger charge is -2.32.